The second kappa shape index (κ2) is 4.29. The van der Waals surface area contributed by atoms with E-state index in [1.807, 2.05) is 6.92 Å². The van der Waals surface area contributed by atoms with Crippen LogP contribution in [0, 0.1) is 0 Å². The van der Waals surface area contributed by atoms with Gasteiger partial charge < -0.3 is 15.5 Å². The summed E-state index contributed by atoms with van der Waals surface area (Å²) in [7, 11) is 0. The van der Waals surface area contributed by atoms with E-state index in [1.165, 1.54) is 12.1 Å². The fourth-order valence-electron chi connectivity index (χ4n) is 1.62. The van der Waals surface area contributed by atoms with E-state index >= 15 is 0 Å². The molecule has 5 heteroatoms. The molecule has 2 aromatic rings. The molecule has 0 aliphatic rings. The first kappa shape index (κ1) is 11.2. The molecule has 0 bridgehead atoms. The fourth-order valence-corrected chi connectivity index (χ4v) is 1.62. The van der Waals surface area contributed by atoms with Crippen LogP contribution in [-0.2, 0) is 0 Å². The van der Waals surface area contributed by atoms with Gasteiger partial charge >= 0.3 is 5.63 Å². The minimum Gasteiger partial charge on any atom is -0.423 e. The van der Waals surface area contributed by atoms with E-state index in [1.54, 1.807) is 12.1 Å². The Kier molecular flexibility index (Phi) is 2.82. The highest BCUT2D eigenvalue weighted by Crippen LogP contribution is 2.19. The molecule has 0 unspecified atom stereocenters. The molecule has 5 nitrogen and oxygen atoms in total. The van der Waals surface area contributed by atoms with E-state index in [0.29, 0.717) is 28.8 Å². The van der Waals surface area contributed by atoms with Crippen molar-refractivity contribution in [1.82, 2.24) is 5.32 Å². The van der Waals surface area contributed by atoms with Crippen LogP contribution in [0.1, 0.15) is 17.3 Å². The van der Waals surface area contributed by atoms with Gasteiger partial charge in [0.1, 0.15) is 5.58 Å². The zero-order chi connectivity index (χ0) is 12.4. The van der Waals surface area contributed by atoms with Crippen LogP contribution >= 0.6 is 0 Å². The smallest absolute Gasteiger partial charge is 0.337 e. The normalized spacial score (nSPS) is 10.4. The highest BCUT2D eigenvalue weighted by atomic mass is 16.4. The van der Waals surface area contributed by atoms with Gasteiger partial charge in [-0.25, -0.2) is 4.79 Å². The van der Waals surface area contributed by atoms with E-state index in [2.05, 4.69) is 5.32 Å². The molecule has 2 rings (SSSR count). The summed E-state index contributed by atoms with van der Waals surface area (Å²) in [4.78, 5) is 23.1. The van der Waals surface area contributed by atoms with E-state index in [0.717, 1.165) is 0 Å². The Morgan fingerprint density at radius 1 is 1.41 bits per heavy atom. The van der Waals surface area contributed by atoms with E-state index in [9.17, 15) is 9.59 Å². The average molecular weight is 232 g/mol. The average Bonchev–Trinajstić information content (AvgIpc) is 2.27. The highest BCUT2D eigenvalue weighted by molar-refractivity contribution is 6.05. The zero-order valence-electron chi connectivity index (χ0n) is 9.32. The molecule has 1 heterocycles. The van der Waals surface area contributed by atoms with Crippen LogP contribution in [0.4, 0.5) is 5.69 Å². The minimum absolute atomic E-state index is 0.296. The Balaban J connectivity index is 2.70. The topological polar surface area (TPSA) is 85.3 Å². The summed E-state index contributed by atoms with van der Waals surface area (Å²) < 4.78 is 5.00. The number of nitrogens with one attached hydrogen (secondary N) is 1. The van der Waals surface area contributed by atoms with Crippen LogP contribution in [0.5, 0.6) is 0 Å². The number of anilines is 1. The molecular formula is C12H12N2O3. The lowest BCUT2D eigenvalue weighted by molar-refractivity contribution is 0.0957. The Morgan fingerprint density at radius 2 is 2.18 bits per heavy atom. The molecule has 0 saturated heterocycles. The largest absolute Gasteiger partial charge is 0.423 e. The highest BCUT2D eigenvalue weighted by Gasteiger charge is 2.12. The molecule has 1 amide bonds. The lowest BCUT2D eigenvalue weighted by Crippen LogP contribution is -2.24. The van der Waals surface area contributed by atoms with Gasteiger partial charge in [0.05, 0.1) is 5.56 Å². The summed E-state index contributed by atoms with van der Waals surface area (Å²) in [6, 6.07) is 6.03. The summed E-state index contributed by atoms with van der Waals surface area (Å²) in [5.41, 5.74) is 6.13. The third-order valence-electron chi connectivity index (χ3n) is 2.35. The Hall–Kier alpha value is -2.30. The summed E-state index contributed by atoms with van der Waals surface area (Å²) in [6.45, 7) is 2.30. The van der Waals surface area contributed by atoms with Crippen LogP contribution in [-0.4, -0.2) is 12.5 Å². The van der Waals surface area contributed by atoms with Crippen molar-refractivity contribution in [2.45, 2.75) is 6.92 Å². The number of hydrogen-bond acceptors (Lipinski definition) is 4. The lowest BCUT2D eigenvalue weighted by atomic mass is 10.1. The predicted octanol–water partition coefficient (Wildman–Crippen LogP) is 1.12. The second-order valence-corrected chi connectivity index (χ2v) is 3.59. The van der Waals surface area contributed by atoms with E-state index in [-0.39, 0.29) is 5.91 Å². The molecule has 17 heavy (non-hydrogen) atoms. The number of nitrogens with two attached hydrogens (primary N) is 1. The van der Waals surface area contributed by atoms with Gasteiger partial charge in [0.25, 0.3) is 5.91 Å². The van der Waals surface area contributed by atoms with Crippen molar-refractivity contribution < 1.29 is 9.21 Å². The summed E-state index contributed by atoms with van der Waals surface area (Å²) in [6.07, 6.45) is 0. The molecule has 88 valence electrons. The van der Waals surface area contributed by atoms with Gasteiger partial charge in [-0.05, 0) is 19.1 Å². The number of fused-ring (bicyclic) bond motifs is 1. The number of carbonyl (C=O) groups is 1. The second-order valence-electron chi connectivity index (χ2n) is 3.59. The van der Waals surface area contributed by atoms with Gasteiger partial charge in [0.2, 0.25) is 0 Å². The number of hydrogen-bond donors (Lipinski definition) is 2. The predicted molar refractivity (Wildman–Crippen MR) is 64.9 cm³/mol. The van der Waals surface area contributed by atoms with Crippen molar-refractivity contribution in [1.29, 1.82) is 0 Å². The van der Waals surface area contributed by atoms with Crippen LogP contribution < -0.4 is 16.7 Å². The zero-order valence-corrected chi connectivity index (χ0v) is 9.32. The number of rotatable bonds is 2. The summed E-state index contributed by atoms with van der Waals surface area (Å²) in [5.74, 6) is -0.296. The van der Waals surface area contributed by atoms with Gasteiger partial charge in [-0.3, -0.25) is 4.79 Å². The van der Waals surface area contributed by atoms with Gasteiger partial charge in [-0.2, -0.15) is 0 Å². The number of nitrogen functional groups attached to an aromatic ring is 1. The summed E-state index contributed by atoms with van der Waals surface area (Å²) >= 11 is 0. The van der Waals surface area contributed by atoms with Crippen molar-refractivity contribution in [3.05, 3.63) is 40.2 Å². The molecule has 3 N–H and O–H groups in total. The van der Waals surface area contributed by atoms with Crippen LogP contribution in [0.15, 0.2) is 33.5 Å². The van der Waals surface area contributed by atoms with E-state index < -0.39 is 5.63 Å². The van der Waals surface area contributed by atoms with Crippen molar-refractivity contribution in [2.75, 3.05) is 12.3 Å². The Labute approximate surface area is 97.2 Å². The van der Waals surface area contributed by atoms with Crippen molar-refractivity contribution in [3.8, 4) is 0 Å². The molecular weight excluding hydrogens is 220 g/mol. The van der Waals surface area contributed by atoms with Crippen molar-refractivity contribution >= 4 is 22.6 Å². The van der Waals surface area contributed by atoms with Crippen LogP contribution in [0.3, 0.4) is 0 Å². The number of carbonyl (C=O) groups excluding carboxylic acids is 1. The van der Waals surface area contributed by atoms with Gasteiger partial charge in [0, 0.05) is 29.8 Å². The van der Waals surface area contributed by atoms with E-state index in [4.69, 9.17) is 10.2 Å². The maximum absolute atomic E-state index is 11.8. The molecule has 0 aliphatic carbocycles. The Bertz CT molecular complexity index is 631. The molecule has 1 aromatic carbocycles. The SMILES string of the molecule is CCNC(=O)c1cc(=O)oc2cc(N)ccc12. The molecule has 0 fully saturated rings. The first-order valence-corrected chi connectivity index (χ1v) is 5.23. The molecule has 0 saturated carbocycles. The number of benzene rings is 1. The molecule has 0 radical (unpaired) electrons. The molecule has 0 aliphatic heterocycles. The monoisotopic (exact) mass is 232 g/mol. The lowest BCUT2D eigenvalue weighted by Gasteiger charge is -2.05. The Morgan fingerprint density at radius 3 is 2.88 bits per heavy atom. The molecule has 1 aromatic heterocycles. The summed E-state index contributed by atoms with van der Waals surface area (Å²) in [5, 5.41) is 3.22. The maximum atomic E-state index is 11.8. The van der Waals surface area contributed by atoms with Gasteiger partial charge in [-0.1, -0.05) is 0 Å². The third kappa shape index (κ3) is 2.13. The van der Waals surface area contributed by atoms with Gasteiger partial charge in [-0.15, -0.1) is 0 Å². The van der Waals surface area contributed by atoms with Gasteiger partial charge in [0.15, 0.2) is 0 Å². The number of amides is 1. The van der Waals surface area contributed by atoms with Crippen LogP contribution in [0.2, 0.25) is 0 Å². The van der Waals surface area contributed by atoms with Crippen LogP contribution in [0.25, 0.3) is 11.0 Å². The first-order chi connectivity index (χ1) is 8.11. The first-order valence-electron chi connectivity index (χ1n) is 5.23. The fraction of sp³-hybridized carbons (Fsp3) is 0.167. The molecule has 0 atom stereocenters. The standard InChI is InChI=1S/C12H12N2O3/c1-2-14-12(16)9-6-11(15)17-10-5-7(13)3-4-8(9)10/h3-6H,2,13H2,1H3,(H,14,16). The minimum atomic E-state index is -0.565. The molecule has 0 spiro atoms. The van der Waals surface area contributed by atoms with Crippen molar-refractivity contribution in [2.24, 2.45) is 0 Å². The quantitative estimate of drug-likeness (QED) is 0.600. The maximum Gasteiger partial charge on any atom is 0.337 e. The third-order valence-corrected chi connectivity index (χ3v) is 2.35. The van der Waals surface area contributed by atoms with Crippen molar-refractivity contribution in [3.63, 3.8) is 0 Å².